The standard InChI is InChI=1S/C21H19NO2/c23-19-12-16(14-7-3-1-4-8-14)11-18-21(19)17(13-20(24)22-18)15-9-5-2-6-10-15/h1-10,16-17H,11-13H2,(H,22,24)/t16-,17-/m1/s1. The van der Waals surface area contributed by atoms with Gasteiger partial charge in [0.1, 0.15) is 0 Å². The van der Waals surface area contributed by atoms with Gasteiger partial charge in [0, 0.05) is 30.0 Å². The predicted molar refractivity (Wildman–Crippen MR) is 92.4 cm³/mol. The molecule has 0 fully saturated rings. The highest BCUT2D eigenvalue weighted by atomic mass is 16.2. The van der Waals surface area contributed by atoms with Crippen LogP contribution in [0.4, 0.5) is 0 Å². The van der Waals surface area contributed by atoms with Crippen LogP contribution in [0, 0.1) is 0 Å². The fraction of sp³-hybridized carbons (Fsp3) is 0.238. The topological polar surface area (TPSA) is 46.2 Å². The highest BCUT2D eigenvalue weighted by Gasteiger charge is 2.37. The van der Waals surface area contributed by atoms with Crippen molar-refractivity contribution >= 4 is 11.7 Å². The van der Waals surface area contributed by atoms with E-state index >= 15 is 0 Å². The molecule has 1 aliphatic carbocycles. The number of nitrogens with one attached hydrogen (secondary N) is 1. The van der Waals surface area contributed by atoms with Gasteiger partial charge in [-0.25, -0.2) is 0 Å². The van der Waals surface area contributed by atoms with Gasteiger partial charge in [-0.15, -0.1) is 0 Å². The Bertz CT molecular complexity index is 808. The lowest BCUT2D eigenvalue weighted by atomic mass is 9.73. The lowest BCUT2D eigenvalue weighted by Crippen LogP contribution is -2.38. The first-order chi connectivity index (χ1) is 11.7. The fourth-order valence-corrected chi connectivity index (χ4v) is 3.89. The molecule has 1 aliphatic heterocycles. The van der Waals surface area contributed by atoms with Crippen LogP contribution in [0.5, 0.6) is 0 Å². The van der Waals surface area contributed by atoms with E-state index in [2.05, 4.69) is 17.4 Å². The summed E-state index contributed by atoms with van der Waals surface area (Å²) in [5, 5.41) is 2.97. The third-order valence-electron chi connectivity index (χ3n) is 5.01. The number of hydrogen-bond acceptors (Lipinski definition) is 2. The highest BCUT2D eigenvalue weighted by molar-refractivity contribution is 6.02. The van der Waals surface area contributed by atoms with Crippen LogP contribution < -0.4 is 5.32 Å². The number of amides is 1. The first-order valence-electron chi connectivity index (χ1n) is 8.38. The van der Waals surface area contributed by atoms with Crippen molar-refractivity contribution in [3.8, 4) is 0 Å². The smallest absolute Gasteiger partial charge is 0.225 e. The van der Waals surface area contributed by atoms with Gasteiger partial charge in [-0.3, -0.25) is 9.59 Å². The van der Waals surface area contributed by atoms with Crippen LogP contribution in [-0.4, -0.2) is 11.7 Å². The predicted octanol–water partition coefficient (Wildman–Crippen LogP) is 3.69. The SMILES string of the molecule is O=C1C[C@H](c2ccccc2)C2=C(C[C@@H](c3ccccc3)CC2=O)N1. The Morgan fingerprint density at radius 1 is 0.750 bits per heavy atom. The van der Waals surface area contributed by atoms with Crippen molar-refractivity contribution in [2.24, 2.45) is 0 Å². The number of benzene rings is 2. The molecule has 0 saturated carbocycles. The second-order valence-corrected chi connectivity index (χ2v) is 6.55. The average molecular weight is 317 g/mol. The number of Topliss-reactive ketones (excluding diaryl/α,β-unsaturated/α-hetero) is 1. The Morgan fingerprint density at radius 3 is 2.04 bits per heavy atom. The van der Waals surface area contributed by atoms with Crippen molar-refractivity contribution in [1.29, 1.82) is 0 Å². The third-order valence-corrected chi connectivity index (χ3v) is 5.01. The molecule has 4 rings (SSSR count). The summed E-state index contributed by atoms with van der Waals surface area (Å²) in [4.78, 5) is 25.1. The molecule has 1 heterocycles. The monoisotopic (exact) mass is 317 g/mol. The number of carbonyl (C=O) groups is 2. The van der Waals surface area contributed by atoms with Gasteiger partial charge in [0.15, 0.2) is 5.78 Å². The number of carbonyl (C=O) groups excluding carboxylic acids is 2. The van der Waals surface area contributed by atoms with Crippen LogP contribution in [0.2, 0.25) is 0 Å². The Balaban J connectivity index is 1.72. The molecule has 0 radical (unpaired) electrons. The van der Waals surface area contributed by atoms with E-state index in [1.54, 1.807) is 0 Å². The summed E-state index contributed by atoms with van der Waals surface area (Å²) in [6.45, 7) is 0. The molecule has 2 atom stereocenters. The van der Waals surface area contributed by atoms with Gasteiger partial charge in [0.05, 0.1) is 0 Å². The first-order valence-corrected chi connectivity index (χ1v) is 8.38. The summed E-state index contributed by atoms with van der Waals surface area (Å²) in [6, 6.07) is 20.0. The van der Waals surface area contributed by atoms with Crippen molar-refractivity contribution in [3.05, 3.63) is 83.1 Å². The largest absolute Gasteiger partial charge is 0.329 e. The molecule has 1 amide bonds. The Kier molecular flexibility index (Phi) is 3.77. The van der Waals surface area contributed by atoms with E-state index in [0.717, 1.165) is 28.8 Å². The second-order valence-electron chi connectivity index (χ2n) is 6.55. The lowest BCUT2D eigenvalue weighted by Gasteiger charge is -2.34. The van der Waals surface area contributed by atoms with Gasteiger partial charge in [-0.1, -0.05) is 60.7 Å². The summed E-state index contributed by atoms with van der Waals surface area (Å²) >= 11 is 0. The Hall–Kier alpha value is -2.68. The molecule has 2 aliphatic rings. The average Bonchev–Trinajstić information content (AvgIpc) is 2.62. The van der Waals surface area contributed by atoms with Crippen molar-refractivity contribution in [3.63, 3.8) is 0 Å². The summed E-state index contributed by atoms with van der Waals surface area (Å²) in [5.41, 5.74) is 3.85. The minimum atomic E-state index is -0.112. The molecule has 3 nitrogen and oxygen atoms in total. The van der Waals surface area contributed by atoms with E-state index in [9.17, 15) is 9.59 Å². The number of rotatable bonds is 2. The van der Waals surface area contributed by atoms with E-state index in [1.807, 2.05) is 48.5 Å². The molecule has 3 heteroatoms. The molecule has 24 heavy (non-hydrogen) atoms. The molecule has 0 aromatic heterocycles. The van der Waals surface area contributed by atoms with Crippen molar-refractivity contribution in [2.45, 2.75) is 31.1 Å². The van der Waals surface area contributed by atoms with Crippen LogP contribution in [0.15, 0.2) is 71.9 Å². The van der Waals surface area contributed by atoms with E-state index in [1.165, 1.54) is 0 Å². The molecule has 2 aromatic rings. The number of hydrogen-bond donors (Lipinski definition) is 1. The van der Waals surface area contributed by atoms with Crippen molar-refractivity contribution < 1.29 is 9.59 Å². The van der Waals surface area contributed by atoms with Crippen molar-refractivity contribution in [2.75, 3.05) is 0 Å². The number of allylic oxidation sites excluding steroid dienone is 2. The van der Waals surface area contributed by atoms with Gasteiger partial charge in [-0.05, 0) is 23.5 Å². The maximum absolute atomic E-state index is 12.9. The Labute approximate surface area is 141 Å². The van der Waals surface area contributed by atoms with Crippen LogP contribution in [0.25, 0.3) is 0 Å². The second kappa shape index (κ2) is 6.08. The zero-order valence-corrected chi connectivity index (χ0v) is 13.4. The lowest BCUT2D eigenvalue weighted by molar-refractivity contribution is -0.122. The molecule has 120 valence electrons. The quantitative estimate of drug-likeness (QED) is 0.918. The minimum Gasteiger partial charge on any atom is -0.329 e. The van der Waals surface area contributed by atoms with Crippen LogP contribution in [0.3, 0.4) is 0 Å². The maximum Gasteiger partial charge on any atom is 0.225 e. The van der Waals surface area contributed by atoms with E-state index in [0.29, 0.717) is 12.8 Å². The van der Waals surface area contributed by atoms with Gasteiger partial charge in [-0.2, -0.15) is 0 Å². The molecular weight excluding hydrogens is 298 g/mol. The molecule has 0 spiro atoms. The fourth-order valence-electron chi connectivity index (χ4n) is 3.89. The molecule has 0 unspecified atom stereocenters. The summed E-state index contributed by atoms with van der Waals surface area (Å²) < 4.78 is 0. The zero-order valence-electron chi connectivity index (χ0n) is 13.4. The molecular formula is C21H19NO2. The highest BCUT2D eigenvalue weighted by Crippen LogP contribution is 2.42. The van der Waals surface area contributed by atoms with Crippen LogP contribution in [-0.2, 0) is 9.59 Å². The van der Waals surface area contributed by atoms with Gasteiger partial charge in [0.2, 0.25) is 5.91 Å². The maximum atomic E-state index is 12.9. The van der Waals surface area contributed by atoms with E-state index < -0.39 is 0 Å². The molecule has 0 saturated heterocycles. The third kappa shape index (κ3) is 2.67. The summed E-state index contributed by atoms with van der Waals surface area (Å²) in [5.74, 6) is 0.203. The molecule has 1 N–H and O–H groups in total. The van der Waals surface area contributed by atoms with Gasteiger partial charge in [0.25, 0.3) is 0 Å². The molecule has 0 bridgehead atoms. The van der Waals surface area contributed by atoms with E-state index in [4.69, 9.17) is 0 Å². The Morgan fingerprint density at radius 2 is 1.38 bits per heavy atom. The van der Waals surface area contributed by atoms with Crippen molar-refractivity contribution in [1.82, 2.24) is 5.32 Å². The van der Waals surface area contributed by atoms with Gasteiger partial charge < -0.3 is 5.32 Å². The normalized spacial score (nSPS) is 23.7. The first kappa shape index (κ1) is 14.9. The summed E-state index contributed by atoms with van der Waals surface area (Å²) in [7, 11) is 0. The van der Waals surface area contributed by atoms with Gasteiger partial charge >= 0.3 is 0 Å². The van der Waals surface area contributed by atoms with Crippen LogP contribution >= 0.6 is 0 Å². The number of ketones is 1. The van der Waals surface area contributed by atoms with Crippen LogP contribution in [0.1, 0.15) is 42.2 Å². The minimum absolute atomic E-state index is 0.00381. The molecule has 2 aromatic carbocycles. The van der Waals surface area contributed by atoms with E-state index in [-0.39, 0.29) is 23.5 Å². The summed E-state index contributed by atoms with van der Waals surface area (Å²) in [6.07, 6.45) is 1.59. The zero-order chi connectivity index (χ0) is 16.5.